The average molecular weight is 210 g/mol. The van der Waals surface area contributed by atoms with Crippen LogP contribution >= 0.6 is 0 Å². The molecule has 2 N–H and O–H groups in total. The van der Waals surface area contributed by atoms with Crippen LogP contribution in [0.3, 0.4) is 0 Å². The van der Waals surface area contributed by atoms with E-state index in [1.54, 1.807) is 0 Å². The van der Waals surface area contributed by atoms with E-state index in [0.717, 1.165) is 0 Å². The van der Waals surface area contributed by atoms with Crippen molar-refractivity contribution in [3.05, 3.63) is 0 Å². The van der Waals surface area contributed by atoms with Crippen LogP contribution in [0.25, 0.3) is 0 Å². The van der Waals surface area contributed by atoms with Gasteiger partial charge in [0.2, 0.25) is 0 Å². The molecule has 0 rings (SSSR count). The Hall–Kier alpha value is 2.23. The van der Waals surface area contributed by atoms with Crippen molar-refractivity contribution in [1.82, 2.24) is 0 Å². The molecule has 4 heteroatoms. The Morgan fingerprint density at radius 2 is 1.00 bits per heavy atom. The van der Waals surface area contributed by atoms with Crippen LogP contribution in [0.1, 0.15) is 0 Å². The first-order chi connectivity index (χ1) is 0. The van der Waals surface area contributed by atoms with Gasteiger partial charge in [0, 0.05) is 32.7 Å². The van der Waals surface area contributed by atoms with Gasteiger partial charge in [-0.2, -0.15) is 0 Å². The standard InChI is InChI=1S/Al.Ga.H2O.Y.6H/h;;1H2;;;;;;;. The van der Waals surface area contributed by atoms with E-state index in [-0.39, 0.29) is 75.3 Å². The van der Waals surface area contributed by atoms with Gasteiger partial charge in [0.25, 0.3) is 0 Å². The van der Waals surface area contributed by atoms with Crippen molar-refractivity contribution >= 4 is 37.2 Å². The minimum absolute atomic E-state index is 0. The fourth-order valence-electron chi connectivity index (χ4n) is 0. The molecule has 0 saturated carbocycles. The molecule has 0 atom stereocenters. The van der Waals surface area contributed by atoms with Gasteiger partial charge in [-0.25, -0.2) is 0 Å². The molecule has 0 aromatic rings. The summed E-state index contributed by atoms with van der Waals surface area (Å²) in [7, 11) is 0. The van der Waals surface area contributed by atoms with Crippen LogP contribution in [0.2, 0.25) is 0 Å². The molecule has 0 bridgehead atoms. The fourth-order valence-corrected chi connectivity index (χ4v) is 0. The van der Waals surface area contributed by atoms with Crippen molar-refractivity contribution in [1.29, 1.82) is 0 Å². The molecule has 0 aliphatic heterocycles. The van der Waals surface area contributed by atoms with Crippen molar-refractivity contribution in [2.45, 2.75) is 0 Å². The van der Waals surface area contributed by atoms with Crippen molar-refractivity contribution in [2.75, 3.05) is 0 Å². The molecule has 0 heterocycles. The number of hydrogen-bond acceptors (Lipinski definition) is 0. The second-order valence-corrected chi connectivity index (χ2v) is 0. The molecule has 0 aromatic carbocycles. The monoisotopic (exact) mass is 209 g/mol. The van der Waals surface area contributed by atoms with Crippen LogP contribution in [0, 0.1) is 0 Å². The minimum atomic E-state index is 0. The Morgan fingerprint density at radius 1 is 1.00 bits per heavy atom. The third-order valence-electron chi connectivity index (χ3n) is 0. The Bertz CT molecular complexity index is 8.00. The molecule has 23 valence electrons. The second-order valence-electron chi connectivity index (χ2n) is 0. The summed E-state index contributed by atoms with van der Waals surface area (Å²) in [6.07, 6.45) is 0. The molecule has 0 fully saturated rings. The van der Waals surface area contributed by atoms with Crippen LogP contribution in [-0.4, -0.2) is 42.6 Å². The van der Waals surface area contributed by atoms with E-state index in [9.17, 15) is 0 Å². The van der Waals surface area contributed by atoms with E-state index >= 15 is 0 Å². The van der Waals surface area contributed by atoms with E-state index in [1.165, 1.54) is 0 Å². The van der Waals surface area contributed by atoms with Gasteiger partial charge < -0.3 is 5.48 Å². The maximum atomic E-state index is 0. The predicted octanol–water partition coefficient (Wildman–Crippen LogP) is -3.20. The SMILES string of the molecule is O.[AlH3].[GaH3].[Y]. The summed E-state index contributed by atoms with van der Waals surface area (Å²) in [6.45, 7) is 0. The zero-order chi connectivity index (χ0) is 0. The zero-order valence-corrected chi connectivity index (χ0v) is 3.92. The summed E-state index contributed by atoms with van der Waals surface area (Å²) in [6, 6.07) is 0. The zero-order valence-electron chi connectivity index (χ0n) is 1.08. The van der Waals surface area contributed by atoms with Crippen LogP contribution < -0.4 is 0 Å². The summed E-state index contributed by atoms with van der Waals surface area (Å²) in [5.41, 5.74) is 0. The molecule has 0 amide bonds. The largest absolute Gasteiger partial charge is 0 e. The molecule has 0 spiro atoms. The molecule has 1 radical (unpaired) electrons. The van der Waals surface area contributed by atoms with Crippen molar-refractivity contribution in [2.24, 2.45) is 0 Å². The van der Waals surface area contributed by atoms with Crippen LogP contribution in [-0.2, 0) is 32.7 Å². The second kappa shape index (κ2) is 18.8. The third kappa shape index (κ3) is 8.87. The molecule has 1 nitrogen and oxygen atoms in total. The molecule has 0 saturated heterocycles. The predicted molar refractivity (Wildman–Crippen MR) is 23.5 cm³/mol. The van der Waals surface area contributed by atoms with Gasteiger partial charge in [-0.05, 0) is 0 Å². The Balaban J connectivity index is 0. The van der Waals surface area contributed by atoms with E-state index < -0.39 is 0 Å². The number of hydrogen-bond donors (Lipinski definition) is 0. The van der Waals surface area contributed by atoms with E-state index in [2.05, 4.69) is 0 Å². The molecule has 0 aliphatic carbocycles. The maximum absolute atomic E-state index is 0. The van der Waals surface area contributed by atoms with Gasteiger partial charge in [-0.3, -0.25) is 0 Å². The summed E-state index contributed by atoms with van der Waals surface area (Å²) in [4.78, 5) is 0. The summed E-state index contributed by atoms with van der Waals surface area (Å²) < 4.78 is 0. The van der Waals surface area contributed by atoms with Crippen LogP contribution in [0.4, 0.5) is 0 Å². The Labute approximate surface area is 74.3 Å². The van der Waals surface area contributed by atoms with E-state index in [4.69, 9.17) is 0 Å². The van der Waals surface area contributed by atoms with E-state index in [1.807, 2.05) is 0 Å². The molecule has 0 unspecified atom stereocenters. The quantitative estimate of drug-likeness (QED) is 0.377. The van der Waals surface area contributed by atoms with Crippen molar-refractivity contribution < 1.29 is 38.2 Å². The van der Waals surface area contributed by atoms with Gasteiger partial charge in [0.05, 0.1) is 0 Å². The Kier molecular flexibility index (Phi) is 161. The molecule has 0 aliphatic rings. The van der Waals surface area contributed by atoms with Gasteiger partial charge in [-0.15, -0.1) is 0 Å². The van der Waals surface area contributed by atoms with Gasteiger partial charge in [-0.1, -0.05) is 0 Å². The first-order valence-corrected chi connectivity index (χ1v) is 0. The first-order valence-electron chi connectivity index (χ1n) is 0. The van der Waals surface area contributed by atoms with E-state index in [0.29, 0.717) is 0 Å². The first kappa shape index (κ1) is 34.2. The normalized spacial score (nSPS) is 0. The van der Waals surface area contributed by atoms with Gasteiger partial charge >= 0.3 is 19.8 Å². The molecular weight excluding hydrogens is 202 g/mol. The number of rotatable bonds is 0. The van der Waals surface area contributed by atoms with Gasteiger partial charge in [0.15, 0.2) is 17.4 Å². The topological polar surface area (TPSA) is 31.5 Å². The Morgan fingerprint density at radius 3 is 1.00 bits per heavy atom. The molecule has 0 aromatic heterocycles. The average Bonchev–Trinajstić information content (AvgIpc) is 0. The van der Waals surface area contributed by atoms with Crippen molar-refractivity contribution in [3.63, 3.8) is 0 Å². The fraction of sp³-hybridized carbons (Fsp3) is 0. The summed E-state index contributed by atoms with van der Waals surface area (Å²) in [5.74, 6) is 0. The smallest absolute Gasteiger partial charge is 0 e. The summed E-state index contributed by atoms with van der Waals surface area (Å²) in [5, 5.41) is 0. The molecular formula is H8AlGaOY. The van der Waals surface area contributed by atoms with Gasteiger partial charge in [0.1, 0.15) is 0 Å². The maximum Gasteiger partial charge on any atom is 0 e. The van der Waals surface area contributed by atoms with Crippen molar-refractivity contribution in [3.8, 4) is 0 Å². The van der Waals surface area contributed by atoms with Crippen LogP contribution in [0.5, 0.6) is 0 Å². The third-order valence-corrected chi connectivity index (χ3v) is 0. The minimum Gasteiger partial charge on any atom is 0 e. The molecule has 4 heavy (non-hydrogen) atoms. The van der Waals surface area contributed by atoms with Crippen LogP contribution in [0.15, 0.2) is 0 Å². The summed E-state index contributed by atoms with van der Waals surface area (Å²) >= 11 is 0.